The molecule has 0 radical (unpaired) electrons. The Morgan fingerprint density at radius 2 is 1.37 bits per heavy atom. The molecule has 0 atom stereocenters. The summed E-state index contributed by atoms with van der Waals surface area (Å²) in [7, 11) is 0. The Morgan fingerprint density at radius 3 is 1.93 bits per heavy atom. The van der Waals surface area contributed by atoms with E-state index in [0.717, 1.165) is 41.7 Å². The molecule has 3 heteroatoms. The van der Waals surface area contributed by atoms with E-state index in [0.29, 0.717) is 6.54 Å². The molecule has 0 fully saturated rings. The van der Waals surface area contributed by atoms with Crippen molar-refractivity contribution in [2.45, 2.75) is 39.9 Å². The zero-order valence-electron chi connectivity index (χ0n) is 17.7. The van der Waals surface area contributed by atoms with Gasteiger partial charge < -0.3 is 4.98 Å². The van der Waals surface area contributed by atoms with Gasteiger partial charge in [-0.1, -0.05) is 73.7 Å². The van der Waals surface area contributed by atoms with Gasteiger partial charge in [0.2, 0.25) is 0 Å². The Hall–Kier alpha value is -3.17. The van der Waals surface area contributed by atoms with Crippen molar-refractivity contribution in [3.63, 3.8) is 0 Å². The van der Waals surface area contributed by atoms with Crippen LogP contribution in [0.15, 0.2) is 83.7 Å². The van der Waals surface area contributed by atoms with Gasteiger partial charge in [0.15, 0.2) is 5.43 Å². The van der Waals surface area contributed by atoms with E-state index in [-0.39, 0.29) is 5.43 Å². The van der Waals surface area contributed by atoms with E-state index in [1.165, 1.54) is 16.7 Å². The Bertz CT molecular complexity index is 1140. The molecular weight excluding hydrogens is 368 g/mol. The van der Waals surface area contributed by atoms with E-state index < -0.39 is 0 Å². The third-order valence-corrected chi connectivity index (χ3v) is 5.67. The predicted molar refractivity (Wildman–Crippen MR) is 125 cm³/mol. The summed E-state index contributed by atoms with van der Waals surface area (Å²) in [5, 5.41) is 0.786. The number of hydrogen-bond acceptors (Lipinski definition) is 2. The van der Waals surface area contributed by atoms with Crippen LogP contribution in [0.1, 0.15) is 34.9 Å². The summed E-state index contributed by atoms with van der Waals surface area (Å²) in [6, 6.07) is 27.1. The molecule has 0 saturated heterocycles. The molecule has 0 unspecified atom stereocenters. The summed E-state index contributed by atoms with van der Waals surface area (Å²) in [6.07, 6.45) is 0.923. The molecule has 3 aromatic carbocycles. The quantitative estimate of drug-likeness (QED) is 0.441. The fourth-order valence-corrected chi connectivity index (χ4v) is 3.98. The van der Waals surface area contributed by atoms with Crippen molar-refractivity contribution < 1.29 is 0 Å². The molecule has 0 spiro atoms. The second-order valence-corrected chi connectivity index (χ2v) is 7.91. The summed E-state index contributed by atoms with van der Waals surface area (Å²) in [4.78, 5) is 19.2. The zero-order chi connectivity index (χ0) is 20.9. The molecule has 30 heavy (non-hydrogen) atoms. The number of aryl methyl sites for hydroxylation is 2. The van der Waals surface area contributed by atoms with E-state index in [2.05, 4.69) is 71.4 Å². The standard InChI is InChI=1S/C27H28N2O/c1-3-21-14-15-26-24(16-21)27(30)25(20(2)28-26)19-29(17-22-10-6-4-7-11-22)18-23-12-8-5-9-13-23/h4-16H,3,17-19H2,1-2H3,(H,28,30). The van der Waals surface area contributed by atoms with Crippen LogP contribution in [0.2, 0.25) is 0 Å². The van der Waals surface area contributed by atoms with E-state index in [1.54, 1.807) is 0 Å². The van der Waals surface area contributed by atoms with Crippen LogP contribution in [0.3, 0.4) is 0 Å². The third-order valence-electron chi connectivity index (χ3n) is 5.67. The van der Waals surface area contributed by atoms with Gasteiger partial charge in [-0.15, -0.1) is 0 Å². The largest absolute Gasteiger partial charge is 0.358 e. The van der Waals surface area contributed by atoms with E-state index in [1.807, 2.05) is 31.2 Å². The Labute approximate surface area is 178 Å². The van der Waals surface area contributed by atoms with Gasteiger partial charge in [-0.25, -0.2) is 0 Å². The highest BCUT2D eigenvalue weighted by atomic mass is 16.1. The monoisotopic (exact) mass is 396 g/mol. The van der Waals surface area contributed by atoms with Crippen molar-refractivity contribution in [1.29, 1.82) is 0 Å². The first-order chi connectivity index (χ1) is 14.6. The highest BCUT2D eigenvalue weighted by molar-refractivity contribution is 5.80. The maximum atomic E-state index is 13.4. The summed E-state index contributed by atoms with van der Waals surface area (Å²) in [6.45, 7) is 6.32. The van der Waals surface area contributed by atoms with Crippen molar-refractivity contribution in [3.8, 4) is 0 Å². The smallest absolute Gasteiger partial charge is 0.194 e. The zero-order valence-corrected chi connectivity index (χ0v) is 17.7. The number of pyridine rings is 1. The van der Waals surface area contributed by atoms with Crippen molar-refractivity contribution in [2.75, 3.05) is 0 Å². The summed E-state index contributed by atoms with van der Waals surface area (Å²) in [5.41, 5.74) is 6.53. The lowest BCUT2D eigenvalue weighted by Crippen LogP contribution is -2.27. The van der Waals surface area contributed by atoms with Crippen molar-refractivity contribution in [1.82, 2.24) is 9.88 Å². The first-order valence-electron chi connectivity index (χ1n) is 10.6. The van der Waals surface area contributed by atoms with Crippen LogP contribution in [-0.2, 0) is 26.1 Å². The lowest BCUT2D eigenvalue weighted by atomic mass is 10.0. The molecule has 0 amide bonds. The Morgan fingerprint density at radius 1 is 0.767 bits per heavy atom. The van der Waals surface area contributed by atoms with Gasteiger partial charge in [0, 0.05) is 41.8 Å². The van der Waals surface area contributed by atoms with Crippen LogP contribution in [0.5, 0.6) is 0 Å². The molecule has 0 aliphatic heterocycles. The summed E-state index contributed by atoms with van der Waals surface area (Å²) < 4.78 is 0. The topological polar surface area (TPSA) is 36.1 Å². The van der Waals surface area contributed by atoms with E-state index in [9.17, 15) is 4.79 Å². The van der Waals surface area contributed by atoms with Gasteiger partial charge in [0.05, 0.1) is 0 Å². The van der Waals surface area contributed by atoms with Crippen LogP contribution in [-0.4, -0.2) is 9.88 Å². The van der Waals surface area contributed by atoms with Crippen LogP contribution < -0.4 is 5.43 Å². The molecule has 1 heterocycles. The highest BCUT2D eigenvalue weighted by Gasteiger charge is 2.15. The van der Waals surface area contributed by atoms with Crippen LogP contribution in [0, 0.1) is 6.92 Å². The minimum atomic E-state index is 0.141. The molecule has 1 aromatic heterocycles. The first-order valence-corrected chi connectivity index (χ1v) is 10.6. The second kappa shape index (κ2) is 9.10. The lowest BCUT2D eigenvalue weighted by Gasteiger charge is -2.23. The third kappa shape index (κ3) is 4.52. The minimum absolute atomic E-state index is 0.141. The van der Waals surface area contributed by atoms with Crippen molar-refractivity contribution in [3.05, 3.63) is 117 Å². The number of hydrogen-bond donors (Lipinski definition) is 1. The maximum Gasteiger partial charge on any atom is 0.194 e. The van der Waals surface area contributed by atoms with Gasteiger partial charge in [-0.3, -0.25) is 9.69 Å². The summed E-state index contributed by atoms with van der Waals surface area (Å²) >= 11 is 0. The minimum Gasteiger partial charge on any atom is -0.358 e. The second-order valence-electron chi connectivity index (χ2n) is 7.91. The molecule has 3 nitrogen and oxygen atoms in total. The average Bonchev–Trinajstić information content (AvgIpc) is 2.78. The molecule has 152 valence electrons. The average molecular weight is 397 g/mol. The number of nitrogens with zero attached hydrogens (tertiary/aromatic N) is 1. The number of nitrogens with one attached hydrogen (secondary N) is 1. The van der Waals surface area contributed by atoms with Crippen molar-refractivity contribution in [2.24, 2.45) is 0 Å². The number of aromatic amines is 1. The number of aromatic nitrogens is 1. The Balaban J connectivity index is 1.71. The molecule has 4 rings (SSSR count). The predicted octanol–water partition coefficient (Wildman–Crippen LogP) is 5.60. The number of rotatable bonds is 7. The number of benzene rings is 3. The van der Waals surface area contributed by atoms with E-state index >= 15 is 0 Å². The normalized spacial score (nSPS) is 11.3. The summed E-state index contributed by atoms with van der Waals surface area (Å²) in [5.74, 6) is 0. The molecule has 0 bridgehead atoms. The van der Waals surface area contributed by atoms with E-state index in [4.69, 9.17) is 0 Å². The molecule has 0 aliphatic rings. The maximum absolute atomic E-state index is 13.4. The van der Waals surface area contributed by atoms with Crippen LogP contribution in [0.25, 0.3) is 10.9 Å². The molecular formula is C27H28N2O. The van der Waals surface area contributed by atoms with Crippen molar-refractivity contribution >= 4 is 10.9 Å². The van der Waals surface area contributed by atoms with Gasteiger partial charge >= 0.3 is 0 Å². The van der Waals surface area contributed by atoms with Gasteiger partial charge in [-0.2, -0.15) is 0 Å². The van der Waals surface area contributed by atoms with Gasteiger partial charge in [0.25, 0.3) is 0 Å². The molecule has 4 aromatic rings. The Kier molecular flexibility index (Phi) is 6.10. The SMILES string of the molecule is CCc1ccc2[nH]c(C)c(CN(Cc3ccccc3)Cc3ccccc3)c(=O)c2c1. The van der Waals surface area contributed by atoms with Gasteiger partial charge in [0.1, 0.15) is 0 Å². The van der Waals surface area contributed by atoms with Gasteiger partial charge in [-0.05, 0) is 42.2 Å². The molecule has 1 N–H and O–H groups in total. The fraction of sp³-hybridized carbons (Fsp3) is 0.222. The molecule has 0 saturated carbocycles. The number of H-pyrrole nitrogens is 1. The first kappa shape index (κ1) is 20.1. The number of fused-ring (bicyclic) bond motifs is 1. The fourth-order valence-electron chi connectivity index (χ4n) is 3.98. The van der Waals surface area contributed by atoms with Crippen LogP contribution >= 0.6 is 0 Å². The molecule has 0 aliphatic carbocycles. The highest BCUT2D eigenvalue weighted by Crippen LogP contribution is 2.18. The van der Waals surface area contributed by atoms with Crippen LogP contribution in [0.4, 0.5) is 0 Å². The lowest BCUT2D eigenvalue weighted by molar-refractivity contribution is 0.246.